The number of nitrogens with zero attached hydrogens (tertiary/aromatic N) is 3. The standard InChI is InChI=1S/C13H14N4O3.ClH/c1-8-4-2-5-9(10(8)17(18)19)11-15-12(16-20-11)13(14)6-3-7-13;/h2,4-5H,3,6-7,14H2,1H3;1H. The highest BCUT2D eigenvalue weighted by atomic mass is 35.5. The fourth-order valence-electron chi connectivity index (χ4n) is 2.39. The van der Waals surface area contributed by atoms with Crippen molar-refractivity contribution in [3.05, 3.63) is 39.7 Å². The number of nitrogens with two attached hydrogens (primary N) is 1. The van der Waals surface area contributed by atoms with Gasteiger partial charge in [-0.05, 0) is 32.3 Å². The van der Waals surface area contributed by atoms with Gasteiger partial charge in [0.1, 0.15) is 5.56 Å². The predicted octanol–water partition coefficient (Wildman–Crippen LogP) is 2.71. The van der Waals surface area contributed by atoms with Crippen LogP contribution in [0.15, 0.2) is 22.7 Å². The smallest absolute Gasteiger partial charge is 0.285 e. The van der Waals surface area contributed by atoms with Crippen LogP contribution in [0.2, 0.25) is 0 Å². The number of aromatic nitrogens is 2. The number of hydrogen-bond donors (Lipinski definition) is 1. The van der Waals surface area contributed by atoms with Gasteiger partial charge in [-0.25, -0.2) is 0 Å². The highest BCUT2D eigenvalue weighted by Gasteiger charge is 2.39. The molecule has 2 N–H and O–H groups in total. The number of nitro groups is 1. The maximum atomic E-state index is 11.2. The molecular formula is C13H15ClN4O3. The van der Waals surface area contributed by atoms with Crippen molar-refractivity contribution in [3.8, 4) is 11.5 Å². The van der Waals surface area contributed by atoms with E-state index in [9.17, 15) is 10.1 Å². The van der Waals surface area contributed by atoms with Crippen LogP contribution >= 0.6 is 12.4 Å². The molecule has 1 aliphatic rings. The van der Waals surface area contributed by atoms with E-state index >= 15 is 0 Å². The van der Waals surface area contributed by atoms with E-state index in [1.54, 1.807) is 25.1 Å². The summed E-state index contributed by atoms with van der Waals surface area (Å²) in [5.74, 6) is 0.571. The third-order valence-electron chi connectivity index (χ3n) is 3.77. The van der Waals surface area contributed by atoms with E-state index in [0.29, 0.717) is 17.0 Å². The van der Waals surface area contributed by atoms with Gasteiger partial charge in [-0.2, -0.15) is 4.98 Å². The number of hydrogen-bond acceptors (Lipinski definition) is 6. The molecule has 7 nitrogen and oxygen atoms in total. The largest absolute Gasteiger partial charge is 0.334 e. The summed E-state index contributed by atoms with van der Waals surface area (Å²) in [5, 5.41) is 15.1. The van der Waals surface area contributed by atoms with Gasteiger partial charge < -0.3 is 10.3 Å². The van der Waals surface area contributed by atoms with Gasteiger partial charge in [-0.3, -0.25) is 10.1 Å². The van der Waals surface area contributed by atoms with Crippen molar-refractivity contribution in [2.24, 2.45) is 5.73 Å². The number of halogens is 1. The zero-order valence-corrected chi connectivity index (χ0v) is 12.2. The summed E-state index contributed by atoms with van der Waals surface area (Å²) >= 11 is 0. The number of benzene rings is 1. The van der Waals surface area contributed by atoms with E-state index in [-0.39, 0.29) is 24.0 Å². The molecule has 112 valence electrons. The van der Waals surface area contributed by atoms with Crippen LogP contribution in [0.1, 0.15) is 30.7 Å². The quantitative estimate of drug-likeness (QED) is 0.689. The molecular weight excluding hydrogens is 296 g/mol. The maximum Gasteiger partial charge on any atom is 0.285 e. The average molecular weight is 311 g/mol. The lowest BCUT2D eigenvalue weighted by molar-refractivity contribution is -0.384. The zero-order chi connectivity index (χ0) is 14.3. The van der Waals surface area contributed by atoms with E-state index in [1.165, 1.54) is 0 Å². The van der Waals surface area contributed by atoms with Crippen molar-refractivity contribution in [2.45, 2.75) is 31.7 Å². The first-order chi connectivity index (χ1) is 9.51. The molecule has 0 amide bonds. The minimum atomic E-state index is -0.541. The Morgan fingerprint density at radius 1 is 1.43 bits per heavy atom. The summed E-state index contributed by atoms with van der Waals surface area (Å²) in [6.45, 7) is 1.68. The second-order valence-corrected chi connectivity index (χ2v) is 5.16. The Morgan fingerprint density at radius 3 is 2.71 bits per heavy atom. The van der Waals surface area contributed by atoms with Crippen LogP contribution in [-0.4, -0.2) is 15.1 Å². The van der Waals surface area contributed by atoms with Crippen LogP contribution in [0, 0.1) is 17.0 Å². The molecule has 2 aromatic rings. The minimum absolute atomic E-state index is 0. The molecule has 1 aliphatic carbocycles. The first-order valence-electron chi connectivity index (χ1n) is 6.39. The van der Waals surface area contributed by atoms with Gasteiger partial charge in [0, 0.05) is 5.56 Å². The molecule has 1 aromatic carbocycles. The van der Waals surface area contributed by atoms with Gasteiger partial charge in [0.15, 0.2) is 5.82 Å². The molecule has 8 heteroatoms. The second-order valence-electron chi connectivity index (χ2n) is 5.16. The first kappa shape index (κ1) is 15.4. The van der Waals surface area contributed by atoms with E-state index in [1.807, 2.05) is 0 Å². The molecule has 1 saturated carbocycles. The molecule has 0 bridgehead atoms. The normalized spacial score (nSPS) is 15.9. The van der Waals surface area contributed by atoms with Crippen molar-refractivity contribution < 1.29 is 9.45 Å². The molecule has 1 aromatic heterocycles. The maximum absolute atomic E-state index is 11.2. The number of rotatable bonds is 3. The highest BCUT2D eigenvalue weighted by Crippen LogP contribution is 2.38. The van der Waals surface area contributed by atoms with Crippen LogP contribution in [0.3, 0.4) is 0 Å². The number of aryl methyl sites for hydroxylation is 1. The second kappa shape index (κ2) is 5.42. The van der Waals surface area contributed by atoms with Gasteiger partial charge in [0.25, 0.3) is 11.6 Å². The van der Waals surface area contributed by atoms with E-state index in [2.05, 4.69) is 10.1 Å². The van der Waals surface area contributed by atoms with Crippen molar-refractivity contribution in [2.75, 3.05) is 0 Å². The van der Waals surface area contributed by atoms with Crippen LogP contribution in [0.5, 0.6) is 0 Å². The lowest BCUT2D eigenvalue weighted by atomic mass is 9.77. The average Bonchev–Trinajstić information content (AvgIpc) is 2.84. The van der Waals surface area contributed by atoms with Crippen molar-refractivity contribution in [3.63, 3.8) is 0 Å². The van der Waals surface area contributed by atoms with Crippen molar-refractivity contribution in [1.29, 1.82) is 0 Å². The molecule has 0 aliphatic heterocycles. The lowest BCUT2D eigenvalue weighted by Crippen LogP contribution is -2.44. The minimum Gasteiger partial charge on any atom is -0.334 e. The van der Waals surface area contributed by atoms with Gasteiger partial charge in [-0.1, -0.05) is 17.3 Å². The van der Waals surface area contributed by atoms with E-state index < -0.39 is 10.5 Å². The van der Waals surface area contributed by atoms with Crippen molar-refractivity contribution in [1.82, 2.24) is 10.1 Å². The zero-order valence-electron chi connectivity index (χ0n) is 11.4. The Hall–Kier alpha value is -1.99. The Balaban J connectivity index is 0.00000161. The Kier molecular flexibility index (Phi) is 3.97. The molecule has 0 radical (unpaired) electrons. The highest BCUT2D eigenvalue weighted by molar-refractivity contribution is 5.85. The topological polar surface area (TPSA) is 108 Å². The Labute approximate surface area is 127 Å². The van der Waals surface area contributed by atoms with E-state index in [4.69, 9.17) is 10.3 Å². The molecule has 21 heavy (non-hydrogen) atoms. The summed E-state index contributed by atoms with van der Waals surface area (Å²) in [4.78, 5) is 15.0. The SMILES string of the molecule is Cc1cccc(-c2nc(C3(N)CCC3)no2)c1[N+](=O)[O-].Cl. The summed E-state index contributed by atoms with van der Waals surface area (Å²) in [7, 11) is 0. The van der Waals surface area contributed by atoms with Gasteiger partial charge in [0.2, 0.25) is 0 Å². The summed E-state index contributed by atoms with van der Waals surface area (Å²) in [5.41, 5.74) is 6.46. The Morgan fingerprint density at radius 2 is 2.14 bits per heavy atom. The van der Waals surface area contributed by atoms with Gasteiger partial charge in [0.05, 0.1) is 10.5 Å². The van der Waals surface area contributed by atoms with Gasteiger partial charge in [-0.15, -0.1) is 12.4 Å². The Bertz CT molecular complexity index is 682. The molecule has 1 heterocycles. The molecule has 0 unspecified atom stereocenters. The van der Waals surface area contributed by atoms with Gasteiger partial charge >= 0.3 is 0 Å². The molecule has 3 rings (SSSR count). The number of nitro benzene ring substituents is 1. The van der Waals surface area contributed by atoms with E-state index in [0.717, 1.165) is 19.3 Å². The fraction of sp³-hybridized carbons (Fsp3) is 0.385. The lowest BCUT2D eigenvalue weighted by Gasteiger charge is -2.34. The summed E-state index contributed by atoms with van der Waals surface area (Å²) in [6, 6.07) is 5.00. The summed E-state index contributed by atoms with van der Waals surface area (Å²) in [6.07, 6.45) is 2.65. The third-order valence-corrected chi connectivity index (χ3v) is 3.77. The van der Waals surface area contributed by atoms with Crippen LogP contribution < -0.4 is 5.73 Å². The molecule has 0 spiro atoms. The molecule has 0 atom stereocenters. The summed E-state index contributed by atoms with van der Waals surface area (Å²) < 4.78 is 5.17. The molecule has 0 saturated heterocycles. The first-order valence-corrected chi connectivity index (χ1v) is 6.39. The van der Waals surface area contributed by atoms with Crippen molar-refractivity contribution >= 4 is 18.1 Å². The predicted molar refractivity (Wildman–Crippen MR) is 78.1 cm³/mol. The van der Waals surface area contributed by atoms with Crippen LogP contribution in [0.4, 0.5) is 5.69 Å². The van der Waals surface area contributed by atoms with Crippen LogP contribution in [0.25, 0.3) is 11.5 Å². The monoisotopic (exact) mass is 310 g/mol. The third kappa shape index (κ3) is 2.50. The molecule has 1 fully saturated rings. The number of para-hydroxylation sites is 1. The fourth-order valence-corrected chi connectivity index (χ4v) is 2.39. The van der Waals surface area contributed by atoms with Crippen LogP contribution in [-0.2, 0) is 5.54 Å².